The third-order valence-corrected chi connectivity index (χ3v) is 4.79. The van der Waals surface area contributed by atoms with E-state index in [-0.39, 0.29) is 5.91 Å². The Kier molecular flexibility index (Phi) is 14.1. The number of ether oxygens (including phenoxy) is 2. The summed E-state index contributed by atoms with van der Waals surface area (Å²) in [5.74, 6) is 1.41. The maximum absolute atomic E-state index is 11.4. The van der Waals surface area contributed by atoms with Gasteiger partial charge in [-0.3, -0.25) is 4.79 Å². The van der Waals surface area contributed by atoms with Gasteiger partial charge in [0.1, 0.15) is 11.5 Å². The number of carbonyl (C=O) groups excluding carboxylic acids is 1. The molecule has 0 aliphatic carbocycles. The van der Waals surface area contributed by atoms with Gasteiger partial charge >= 0.3 is 0 Å². The fourth-order valence-corrected chi connectivity index (χ4v) is 3.14. The van der Waals surface area contributed by atoms with Gasteiger partial charge in [-0.25, -0.2) is 0 Å². The van der Waals surface area contributed by atoms with Crippen molar-refractivity contribution in [2.45, 2.75) is 97.8 Å². The van der Waals surface area contributed by atoms with Crippen LogP contribution in [0.2, 0.25) is 0 Å². The molecule has 0 aliphatic rings. The summed E-state index contributed by atoms with van der Waals surface area (Å²) in [6.45, 7) is 7.37. The predicted molar refractivity (Wildman–Crippen MR) is 118 cm³/mol. The van der Waals surface area contributed by atoms with Crippen molar-refractivity contribution < 1.29 is 14.3 Å². The zero-order valence-electron chi connectivity index (χ0n) is 18.4. The molecule has 4 heteroatoms. The number of rotatable bonds is 17. The third-order valence-electron chi connectivity index (χ3n) is 4.79. The molecule has 0 atom stereocenters. The minimum absolute atomic E-state index is 0.0924. The van der Waals surface area contributed by atoms with E-state index in [9.17, 15) is 4.79 Å². The molecule has 28 heavy (non-hydrogen) atoms. The summed E-state index contributed by atoms with van der Waals surface area (Å²) in [7, 11) is 0. The number of anilines is 1. The monoisotopic (exact) mass is 391 g/mol. The van der Waals surface area contributed by atoms with Crippen molar-refractivity contribution >= 4 is 11.6 Å². The van der Waals surface area contributed by atoms with Crippen LogP contribution in [0.5, 0.6) is 11.5 Å². The standard InChI is InChI=1S/C24H41NO3/c1-4-6-8-10-12-14-18-27-22-16-17-23(25-21(3)26)24(20-22)28-19-15-13-11-9-7-5-2/h16-17,20H,4-15,18-19H2,1-3H3,(H,25,26). The Morgan fingerprint density at radius 1 is 0.786 bits per heavy atom. The van der Waals surface area contributed by atoms with Crippen molar-refractivity contribution in [2.24, 2.45) is 0 Å². The van der Waals surface area contributed by atoms with Crippen LogP contribution in [0.3, 0.4) is 0 Å². The van der Waals surface area contributed by atoms with Gasteiger partial charge in [-0.2, -0.15) is 0 Å². The minimum atomic E-state index is -0.0924. The molecule has 0 aliphatic heterocycles. The molecular formula is C24H41NO3. The Balaban J connectivity index is 2.43. The molecule has 1 aromatic carbocycles. The SMILES string of the molecule is CCCCCCCCOc1ccc(NC(C)=O)c(OCCCCCCCC)c1. The average Bonchev–Trinajstić information content (AvgIpc) is 2.68. The van der Waals surface area contributed by atoms with Gasteiger partial charge in [0.25, 0.3) is 0 Å². The first kappa shape index (κ1) is 24.3. The molecule has 0 bridgehead atoms. The van der Waals surface area contributed by atoms with Gasteiger partial charge in [0, 0.05) is 13.0 Å². The molecule has 1 rings (SSSR count). The molecule has 4 nitrogen and oxygen atoms in total. The summed E-state index contributed by atoms with van der Waals surface area (Å²) < 4.78 is 11.9. The Labute approximate surface area is 172 Å². The van der Waals surface area contributed by atoms with E-state index < -0.39 is 0 Å². The van der Waals surface area contributed by atoms with Gasteiger partial charge in [-0.1, -0.05) is 78.1 Å². The summed E-state index contributed by atoms with van der Waals surface area (Å²) in [6.07, 6.45) is 14.8. The van der Waals surface area contributed by atoms with Crippen LogP contribution in [0.15, 0.2) is 18.2 Å². The largest absolute Gasteiger partial charge is 0.493 e. The van der Waals surface area contributed by atoms with Crippen molar-refractivity contribution in [3.05, 3.63) is 18.2 Å². The highest BCUT2D eigenvalue weighted by molar-refractivity contribution is 5.90. The zero-order valence-corrected chi connectivity index (χ0v) is 18.4. The number of benzene rings is 1. The summed E-state index contributed by atoms with van der Waals surface area (Å²) in [5, 5.41) is 2.85. The van der Waals surface area contributed by atoms with Crippen molar-refractivity contribution in [3.63, 3.8) is 0 Å². The van der Waals surface area contributed by atoms with Crippen LogP contribution >= 0.6 is 0 Å². The number of hydrogen-bond acceptors (Lipinski definition) is 3. The van der Waals surface area contributed by atoms with Crippen molar-refractivity contribution in [1.29, 1.82) is 0 Å². The second kappa shape index (κ2) is 16.3. The molecular weight excluding hydrogens is 350 g/mol. The number of hydrogen-bond donors (Lipinski definition) is 1. The summed E-state index contributed by atoms with van der Waals surface area (Å²) in [5.41, 5.74) is 0.713. The summed E-state index contributed by atoms with van der Waals surface area (Å²) >= 11 is 0. The lowest BCUT2D eigenvalue weighted by Crippen LogP contribution is -2.09. The number of amides is 1. The summed E-state index contributed by atoms with van der Waals surface area (Å²) in [4.78, 5) is 11.4. The molecule has 1 N–H and O–H groups in total. The molecule has 0 heterocycles. The number of nitrogens with one attached hydrogen (secondary N) is 1. The molecule has 0 fully saturated rings. The Morgan fingerprint density at radius 3 is 1.89 bits per heavy atom. The summed E-state index contributed by atoms with van der Waals surface area (Å²) in [6, 6.07) is 5.67. The third kappa shape index (κ3) is 11.9. The van der Waals surface area contributed by atoms with Crippen LogP contribution in [0.1, 0.15) is 97.8 Å². The number of carbonyl (C=O) groups is 1. The van der Waals surface area contributed by atoms with Gasteiger partial charge in [0.2, 0.25) is 5.91 Å². The van der Waals surface area contributed by atoms with E-state index in [2.05, 4.69) is 19.2 Å². The first-order chi connectivity index (χ1) is 13.7. The quantitative estimate of drug-likeness (QED) is 0.287. The molecule has 0 saturated heterocycles. The lowest BCUT2D eigenvalue weighted by molar-refractivity contribution is -0.114. The maximum Gasteiger partial charge on any atom is 0.221 e. The van der Waals surface area contributed by atoms with Crippen LogP contribution in [0.25, 0.3) is 0 Å². The molecule has 0 radical (unpaired) electrons. The van der Waals surface area contributed by atoms with Crippen LogP contribution in [-0.2, 0) is 4.79 Å². The highest BCUT2D eigenvalue weighted by atomic mass is 16.5. The van der Waals surface area contributed by atoms with Gasteiger partial charge in [0.05, 0.1) is 18.9 Å². The molecule has 0 aromatic heterocycles. The molecule has 0 unspecified atom stereocenters. The van der Waals surface area contributed by atoms with Gasteiger partial charge in [0.15, 0.2) is 0 Å². The van der Waals surface area contributed by atoms with E-state index in [0.717, 1.165) is 25.2 Å². The molecule has 0 spiro atoms. The zero-order chi connectivity index (χ0) is 20.5. The fourth-order valence-electron chi connectivity index (χ4n) is 3.14. The Bertz CT molecular complexity index is 531. The van der Waals surface area contributed by atoms with Crippen LogP contribution in [0.4, 0.5) is 5.69 Å². The highest BCUT2D eigenvalue weighted by Gasteiger charge is 2.08. The van der Waals surface area contributed by atoms with E-state index >= 15 is 0 Å². The van der Waals surface area contributed by atoms with E-state index in [0.29, 0.717) is 18.0 Å². The van der Waals surface area contributed by atoms with Gasteiger partial charge < -0.3 is 14.8 Å². The Hall–Kier alpha value is -1.71. The normalized spacial score (nSPS) is 10.7. The van der Waals surface area contributed by atoms with Crippen LogP contribution < -0.4 is 14.8 Å². The second-order valence-electron chi connectivity index (χ2n) is 7.57. The highest BCUT2D eigenvalue weighted by Crippen LogP contribution is 2.30. The first-order valence-electron chi connectivity index (χ1n) is 11.3. The lowest BCUT2D eigenvalue weighted by atomic mass is 10.1. The van der Waals surface area contributed by atoms with Crippen molar-refractivity contribution in [3.8, 4) is 11.5 Å². The van der Waals surface area contributed by atoms with Crippen molar-refractivity contribution in [2.75, 3.05) is 18.5 Å². The van der Waals surface area contributed by atoms with Crippen LogP contribution in [-0.4, -0.2) is 19.1 Å². The van der Waals surface area contributed by atoms with Crippen molar-refractivity contribution in [1.82, 2.24) is 0 Å². The molecule has 160 valence electrons. The van der Waals surface area contributed by atoms with E-state index in [1.54, 1.807) is 0 Å². The molecule has 1 aromatic rings. The fraction of sp³-hybridized carbons (Fsp3) is 0.708. The van der Waals surface area contributed by atoms with Gasteiger partial charge in [-0.15, -0.1) is 0 Å². The average molecular weight is 392 g/mol. The lowest BCUT2D eigenvalue weighted by Gasteiger charge is -2.14. The minimum Gasteiger partial charge on any atom is -0.493 e. The van der Waals surface area contributed by atoms with E-state index in [1.807, 2.05) is 18.2 Å². The molecule has 0 saturated carbocycles. The number of unbranched alkanes of at least 4 members (excludes halogenated alkanes) is 10. The Morgan fingerprint density at radius 2 is 1.32 bits per heavy atom. The van der Waals surface area contributed by atoms with Gasteiger partial charge in [-0.05, 0) is 25.0 Å². The van der Waals surface area contributed by atoms with E-state index in [4.69, 9.17) is 9.47 Å². The van der Waals surface area contributed by atoms with E-state index in [1.165, 1.54) is 71.1 Å². The molecule has 1 amide bonds. The second-order valence-corrected chi connectivity index (χ2v) is 7.57. The first-order valence-corrected chi connectivity index (χ1v) is 11.3. The topological polar surface area (TPSA) is 47.6 Å². The van der Waals surface area contributed by atoms with Crippen LogP contribution in [0, 0.1) is 0 Å². The predicted octanol–water partition coefficient (Wildman–Crippen LogP) is 7.12. The maximum atomic E-state index is 11.4. The smallest absolute Gasteiger partial charge is 0.221 e.